The number of nitrogens with zero attached hydrogens (tertiary/aromatic N) is 1. The zero-order valence-electron chi connectivity index (χ0n) is 15.5. The summed E-state index contributed by atoms with van der Waals surface area (Å²) in [5.41, 5.74) is -0.156. The molecule has 0 saturated carbocycles. The second kappa shape index (κ2) is 8.88. The summed E-state index contributed by atoms with van der Waals surface area (Å²) in [6.07, 6.45) is 1.78. The summed E-state index contributed by atoms with van der Waals surface area (Å²) < 4.78 is 10.7. The van der Waals surface area contributed by atoms with Crippen molar-refractivity contribution in [2.75, 3.05) is 12.4 Å². The Balaban J connectivity index is 1.88. The Morgan fingerprint density at radius 2 is 1.78 bits per heavy atom. The first kappa shape index (κ1) is 20.0. The van der Waals surface area contributed by atoms with Crippen LogP contribution in [0, 0.1) is 0 Å². The number of anilines is 1. The number of hydrogen-bond donors (Lipinski definition) is 3. The third-order valence-corrected chi connectivity index (χ3v) is 3.69. The minimum Gasteiger partial charge on any atom is -0.497 e. The Bertz CT molecular complexity index is 773. The van der Waals surface area contributed by atoms with Gasteiger partial charge in [-0.2, -0.15) is 0 Å². The Kier molecular flexibility index (Phi) is 6.59. The molecule has 3 N–H and O–H groups in total. The maximum atomic E-state index is 12.1. The Morgan fingerprint density at radius 1 is 1.11 bits per heavy atom. The van der Waals surface area contributed by atoms with E-state index in [1.807, 2.05) is 0 Å². The third kappa shape index (κ3) is 6.85. The predicted octanol–water partition coefficient (Wildman–Crippen LogP) is 3.65. The van der Waals surface area contributed by atoms with Gasteiger partial charge in [0.25, 0.3) is 0 Å². The van der Waals surface area contributed by atoms with Crippen LogP contribution in [0.4, 0.5) is 10.5 Å². The number of nitrogens with one attached hydrogen (secondary N) is 2. The van der Waals surface area contributed by atoms with Gasteiger partial charge in [-0.1, -0.05) is 0 Å². The van der Waals surface area contributed by atoms with E-state index in [1.54, 1.807) is 57.4 Å². The van der Waals surface area contributed by atoms with Crippen molar-refractivity contribution in [3.05, 3.63) is 42.6 Å². The van der Waals surface area contributed by atoms with Crippen LogP contribution in [0.2, 0.25) is 0 Å². The number of carboxylic acids is 1. The Morgan fingerprint density at radius 3 is 2.33 bits per heavy atom. The molecule has 0 aliphatic rings. The molecule has 0 saturated heterocycles. The van der Waals surface area contributed by atoms with Gasteiger partial charge in [0.2, 0.25) is 5.88 Å². The van der Waals surface area contributed by atoms with Crippen LogP contribution in [0.15, 0.2) is 42.6 Å². The zero-order chi connectivity index (χ0) is 19.9. The molecule has 0 bridgehead atoms. The molecule has 0 atom stereocenters. The Hall–Kier alpha value is -3.29. The van der Waals surface area contributed by atoms with Crippen LogP contribution in [0.5, 0.6) is 17.4 Å². The van der Waals surface area contributed by atoms with Crippen molar-refractivity contribution in [1.29, 1.82) is 0 Å². The largest absolute Gasteiger partial charge is 0.497 e. The summed E-state index contributed by atoms with van der Waals surface area (Å²) in [6, 6.07) is 9.95. The quantitative estimate of drug-likeness (QED) is 0.651. The lowest BCUT2D eigenvalue weighted by Gasteiger charge is -2.25. The highest BCUT2D eigenvalue weighted by Crippen LogP contribution is 2.23. The first-order valence-electron chi connectivity index (χ1n) is 8.36. The highest BCUT2D eigenvalue weighted by molar-refractivity contribution is 5.89. The number of carboxylic acid groups (broad SMARTS) is 1. The average molecular weight is 373 g/mol. The number of carbonyl (C=O) groups excluding carboxylic acids is 1. The summed E-state index contributed by atoms with van der Waals surface area (Å²) in [5.74, 6) is 0.823. The molecular weight excluding hydrogens is 350 g/mol. The van der Waals surface area contributed by atoms with Crippen LogP contribution in [0.3, 0.4) is 0 Å². The average Bonchev–Trinajstić information content (AvgIpc) is 2.62. The lowest BCUT2D eigenvalue weighted by Crippen LogP contribution is -2.45. The standard InChI is InChI=1S/C19H23N3O5/c1-19(2,11-10-17(23)24)22-18(25)21-13-4-9-16(20-12-13)27-15-7-5-14(26-3)6-8-15/h4-9,12H,10-11H2,1-3H3,(H,23,24)(H2,21,22,25). The lowest BCUT2D eigenvalue weighted by atomic mass is 9.99. The predicted molar refractivity (Wildman–Crippen MR) is 100 cm³/mol. The van der Waals surface area contributed by atoms with E-state index >= 15 is 0 Å². The highest BCUT2D eigenvalue weighted by atomic mass is 16.5. The van der Waals surface area contributed by atoms with Crippen LogP contribution in [-0.2, 0) is 4.79 Å². The Labute approximate surface area is 157 Å². The molecule has 1 heterocycles. The van der Waals surface area contributed by atoms with Crippen molar-refractivity contribution in [2.45, 2.75) is 32.2 Å². The molecule has 27 heavy (non-hydrogen) atoms. The second-order valence-electron chi connectivity index (χ2n) is 6.52. The first-order chi connectivity index (χ1) is 12.8. The lowest BCUT2D eigenvalue weighted by molar-refractivity contribution is -0.137. The summed E-state index contributed by atoms with van der Waals surface area (Å²) in [6.45, 7) is 3.53. The van der Waals surface area contributed by atoms with Gasteiger partial charge in [-0.15, -0.1) is 0 Å². The van der Waals surface area contributed by atoms with E-state index in [-0.39, 0.29) is 6.42 Å². The monoisotopic (exact) mass is 373 g/mol. The van der Waals surface area contributed by atoms with Crippen molar-refractivity contribution < 1.29 is 24.2 Å². The fourth-order valence-electron chi connectivity index (χ4n) is 2.23. The minimum atomic E-state index is -0.901. The molecule has 0 aliphatic heterocycles. The summed E-state index contributed by atoms with van der Waals surface area (Å²) in [4.78, 5) is 26.9. The molecule has 2 aromatic rings. The van der Waals surface area contributed by atoms with E-state index in [1.165, 1.54) is 6.20 Å². The number of urea groups is 1. The minimum absolute atomic E-state index is 0.0216. The molecule has 0 fully saturated rings. The molecule has 144 valence electrons. The van der Waals surface area contributed by atoms with Gasteiger partial charge in [0.15, 0.2) is 0 Å². The van der Waals surface area contributed by atoms with Crippen LogP contribution in [0.25, 0.3) is 0 Å². The zero-order valence-corrected chi connectivity index (χ0v) is 15.5. The van der Waals surface area contributed by atoms with Gasteiger partial charge in [-0.3, -0.25) is 4.79 Å². The van der Waals surface area contributed by atoms with Crippen LogP contribution in [-0.4, -0.2) is 34.7 Å². The second-order valence-corrected chi connectivity index (χ2v) is 6.52. The van der Waals surface area contributed by atoms with E-state index in [2.05, 4.69) is 15.6 Å². The molecule has 1 aromatic carbocycles. The molecule has 8 nitrogen and oxygen atoms in total. The summed E-state index contributed by atoms with van der Waals surface area (Å²) >= 11 is 0. The van der Waals surface area contributed by atoms with Crippen molar-refractivity contribution in [1.82, 2.24) is 10.3 Å². The van der Waals surface area contributed by atoms with Crippen molar-refractivity contribution in [3.63, 3.8) is 0 Å². The third-order valence-electron chi connectivity index (χ3n) is 3.69. The van der Waals surface area contributed by atoms with Crippen molar-refractivity contribution >= 4 is 17.7 Å². The smallest absolute Gasteiger partial charge is 0.319 e. The SMILES string of the molecule is COc1ccc(Oc2ccc(NC(=O)NC(C)(C)CCC(=O)O)cn2)cc1. The summed E-state index contributed by atoms with van der Waals surface area (Å²) in [5, 5.41) is 14.2. The molecule has 2 amide bonds. The van der Waals surface area contributed by atoms with Gasteiger partial charge >= 0.3 is 12.0 Å². The fourth-order valence-corrected chi connectivity index (χ4v) is 2.23. The van der Waals surface area contributed by atoms with Crippen molar-refractivity contribution in [3.8, 4) is 17.4 Å². The van der Waals surface area contributed by atoms with E-state index in [9.17, 15) is 9.59 Å². The van der Waals surface area contributed by atoms with E-state index < -0.39 is 17.5 Å². The van der Waals surface area contributed by atoms with Gasteiger partial charge in [-0.05, 0) is 50.6 Å². The van der Waals surface area contributed by atoms with Gasteiger partial charge in [0.1, 0.15) is 11.5 Å². The number of aliphatic carboxylic acids is 1. The summed E-state index contributed by atoms with van der Waals surface area (Å²) in [7, 11) is 1.59. The van der Waals surface area contributed by atoms with E-state index in [4.69, 9.17) is 14.6 Å². The maximum absolute atomic E-state index is 12.1. The van der Waals surface area contributed by atoms with Gasteiger partial charge in [0.05, 0.1) is 19.0 Å². The number of methoxy groups -OCH3 is 1. The molecule has 0 unspecified atom stereocenters. The van der Waals surface area contributed by atoms with Crippen LogP contribution < -0.4 is 20.1 Å². The normalized spacial score (nSPS) is 10.8. The van der Waals surface area contributed by atoms with Gasteiger partial charge in [-0.25, -0.2) is 9.78 Å². The number of hydrogen-bond acceptors (Lipinski definition) is 5. The highest BCUT2D eigenvalue weighted by Gasteiger charge is 2.21. The maximum Gasteiger partial charge on any atom is 0.319 e. The molecule has 2 rings (SSSR count). The molecular formula is C19H23N3O5. The number of amides is 2. The molecule has 8 heteroatoms. The molecule has 0 spiro atoms. The number of carbonyl (C=O) groups is 2. The van der Waals surface area contributed by atoms with Gasteiger partial charge < -0.3 is 25.2 Å². The number of aromatic nitrogens is 1. The van der Waals surface area contributed by atoms with Crippen LogP contribution >= 0.6 is 0 Å². The van der Waals surface area contributed by atoms with E-state index in [0.29, 0.717) is 23.7 Å². The number of rotatable bonds is 8. The molecule has 0 radical (unpaired) electrons. The fraction of sp³-hybridized carbons (Fsp3) is 0.316. The number of ether oxygens (including phenoxy) is 2. The van der Waals surface area contributed by atoms with Crippen LogP contribution in [0.1, 0.15) is 26.7 Å². The molecule has 0 aliphatic carbocycles. The van der Waals surface area contributed by atoms with Crippen molar-refractivity contribution in [2.24, 2.45) is 0 Å². The van der Waals surface area contributed by atoms with Gasteiger partial charge in [0, 0.05) is 18.0 Å². The molecule has 1 aromatic heterocycles. The van der Waals surface area contributed by atoms with E-state index in [0.717, 1.165) is 5.75 Å². The topological polar surface area (TPSA) is 110 Å². The first-order valence-corrected chi connectivity index (χ1v) is 8.36. The number of pyridine rings is 1. The number of benzene rings is 1.